The monoisotopic (exact) mass is 280 g/mol. The molecule has 1 saturated carbocycles. The molecule has 0 heterocycles. The Bertz CT molecular complexity index is 533. The Balaban J connectivity index is 1.98. The molecule has 1 aromatic carbocycles. The largest absolute Gasteiger partial charge is 0.481 e. The Hall–Kier alpha value is -2.11. The highest BCUT2D eigenvalue weighted by Crippen LogP contribution is 2.31. The zero-order chi connectivity index (χ0) is 14.7. The fraction of sp³-hybridized carbons (Fsp3) is 0.429. The van der Waals surface area contributed by atoms with Gasteiger partial charge >= 0.3 is 5.97 Å². The van der Waals surface area contributed by atoms with Crippen molar-refractivity contribution in [2.45, 2.75) is 19.3 Å². The first-order valence-electron chi connectivity index (χ1n) is 6.55. The number of anilines is 1. The van der Waals surface area contributed by atoms with Crippen molar-refractivity contribution in [3.05, 3.63) is 29.6 Å². The second kappa shape index (κ2) is 5.90. The highest BCUT2D eigenvalue weighted by molar-refractivity contribution is 5.99. The third kappa shape index (κ3) is 3.07. The van der Waals surface area contributed by atoms with Crippen LogP contribution in [0.4, 0.5) is 10.1 Å². The standard InChI is InChI=1S/C14H17FN2O3/c15-9-4-5-12(16)11(6-9)13(18)17-7-8-2-1-3-10(8)14(19)20/h4-6,8,10H,1-3,7,16H2,(H,17,18)(H,19,20). The topological polar surface area (TPSA) is 92.4 Å². The molecule has 20 heavy (non-hydrogen) atoms. The van der Waals surface area contributed by atoms with Gasteiger partial charge in [0.1, 0.15) is 5.82 Å². The third-order valence-corrected chi connectivity index (χ3v) is 3.76. The predicted octanol–water partition coefficient (Wildman–Crippen LogP) is 1.64. The Morgan fingerprint density at radius 1 is 1.40 bits per heavy atom. The van der Waals surface area contributed by atoms with Gasteiger partial charge in [0.2, 0.25) is 0 Å². The van der Waals surface area contributed by atoms with Gasteiger partial charge in [-0.2, -0.15) is 0 Å². The maximum absolute atomic E-state index is 13.1. The summed E-state index contributed by atoms with van der Waals surface area (Å²) in [4.78, 5) is 23.0. The summed E-state index contributed by atoms with van der Waals surface area (Å²) < 4.78 is 13.1. The van der Waals surface area contributed by atoms with Crippen molar-refractivity contribution in [2.24, 2.45) is 11.8 Å². The average Bonchev–Trinajstić information content (AvgIpc) is 2.87. The van der Waals surface area contributed by atoms with Crippen LogP contribution >= 0.6 is 0 Å². The minimum Gasteiger partial charge on any atom is -0.481 e. The molecule has 1 aromatic rings. The first kappa shape index (κ1) is 14.3. The number of benzene rings is 1. The van der Waals surface area contributed by atoms with Gasteiger partial charge in [-0.15, -0.1) is 0 Å². The number of nitrogens with two attached hydrogens (primary N) is 1. The number of aliphatic carboxylic acids is 1. The van der Waals surface area contributed by atoms with Crippen molar-refractivity contribution >= 4 is 17.6 Å². The molecular weight excluding hydrogens is 263 g/mol. The number of carboxylic acids is 1. The maximum atomic E-state index is 13.1. The van der Waals surface area contributed by atoms with E-state index >= 15 is 0 Å². The van der Waals surface area contributed by atoms with E-state index in [9.17, 15) is 14.0 Å². The normalized spacial score (nSPS) is 21.6. The van der Waals surface area contributed by atoms with Gasteiger partial charge in [-0.25, -0.2) is 4.39 Å². The maximum Gasteiger partial charge on any atom is 0.306 e. The van der Waals surface area contributed by atoms with Gasteiger partial charge < -0.3 is 16.2 Å². The second-order valence-corrected chi connectivity index (χ2v) is 5.08. The lowest BCUT2D eigenvalue weighted by molar-refractivity contribution is -0.142. The zero-order valence-electron chi connectivity index (χ0n) is 10.9. The van der Waals surface area contributed by atoms with Gasteiger partial charge in [0.25, 0.3) is 5.91 Å². The fourth-order valence-corrected chi connectivity index (χ4v) is 2.65. The summed E-state index contributed by atoms with van der Waals surface area (Å²) in [5.41, 5.74) is 5.91. The Morgan fingerprint density at radius 2 is 2.15 bits per heavy atom. The summed E-state index contributed by atoms with van der Waals surface area (Å²) in [6.07, 6.45) is 2.26. The molecule has 6 heteroatoms. The van der Waals surface area contributed by atoms with E-state index in [-0.39, 0.29) is 23.7 Å². The van der Waals surface area contributed by atoms with E-state index in [4.69, 9.17) is 10.8 Å². The number of hydrogen-bond donors (Lipinski definition) is 3. The molecule has 108 valence electrons. The Labute approximate surface area is 116 Å². The number of carbonyl (C=O) groups is 2. The predicted molar refractivity (Wildman–Crippen MR) is 71.6 cm³/mol. The fourth-order valence-electron chi connectivity index (χ4n) is 2.65. The smallest absolute Gasteiger partial charge is 0.306 e. The molecule has 4 N–H and O–H groups in total. The van der Waals surface area contributed by atoms with Crippen molar-refractivity contribution in [1.29, 1.82) is 0 Å². The van der Waals surface area contributed by atoms with Crippen LogP contribution in [0.2, 0.25) is 0 Å². The summed E-state index contributed by atoms with van der Waals surface area (Å²) in [7, 11) is 0. The molecule has 2 rings (SSSR count). The number of nitrogen functional groups attached to an aromatic ring is 1. The van der Waals surface area contributed by atoms with Crippen LogP contribution in [0.15, 0.2) is 18.2 Å². The number of rotatable bonds is 4. The number of carbonyl (C=O) groups excluding carboxylic acids is 1. The number of hydrogen-bond acceptors (Lipinski definition) is 3. The summed E-state index contributed by atoms with van der Waals surface area (Å²) in [6, 6.07) is 3.59. The van der Waals surface area contributed by atoms with Crippen LogP contribution in [0.5, 0.6) is 0 Å². The molecule has 5 nitrogen and oxygen atoms in total. The number of carboxylic acid groups (broad SMARTS) is 1. The quantitative estimate of drug-likeness (QED) is 0.731. The highest BCUT2D eigenvalue weighted by Gasteiger charge is 2.32. The molecule has 1 aliphatic carbocycles. The van der Waals surface area contributed by atoms with Crippen LogP contribution in [-0.4, -0.2) is 23.5 Å². The summed E-state index contributed by atoms with van der Waals surface area (Å²) in [5, 5.41) is 11.7. The van der Waals surface area contributed by atoms with Crippen molar-refractivity contribution < 1.29 is 19.1 Å². The minimum atomic E-state index is -0.827. The molecule has 1 aliphatic rings. The molecule has 0 spiro atoms. The third-order valence-electron chi connectivity index (χ3n) is 3.76. The van der Waals surface area contributed by atoms with E-state index in [1.54, 1.807) is 0 Å². The molecule has 0 radical (unpaired) electrons. The van der Waals surface area contributed by atoms with Gasteiger partial charge in [-0.3, -0.25) is 9.59 Å². The van der Waals surface area contributed by atoms with Gasteiger partial charge in [0.15, 0.2) is 0 Å². The zero-order valence-corrected chi connectivity index (χ0v) is 10.9. The van der Waals surface area contributed by atoms with Crippen LogP contribution in [0.1, 0.15) is 29.6 Å². The molecule has 2 unspecified atom stereocenters. The van der Waals surface area contributed by atoms with Crippen LogP contribution in [0, 0.1) is 17.7 Å². The molecular formula is C14H17FN2O3. The Morgan fingerprint density at radius 3 is 2.85 bits per heavy atom. The van der Waals surface area contributed by atoms with Gasteiger partial charge in [-0.05, 0) is 37.0 Å². The van der Waals surface area contributed by atoms with Crippen molar-refractivity contribution in [3.8, 4) is 0 Å². The first-order valence-corrected chi connectivity index (χ1v) is 6.55. The lowest BCUT2D eigenvalue weighted by Gasteiger charge is -2.16. The van der Waals surface area contributed by atoms with Crippen LogP contribution in [0.3, 0.4) is 0 Å². The molecule has 0 aliphatic heterocycles. The van der Waals surface area contributed by atoms with Crippen molar-refractivity contribution in [1.82, 2.24) is 5.32 Å². The average molecular weight is 280 g/mol. The van der Waals surface area contributed by atoms with E-state index in [1.165, 1.54) is 12.1 Å². The molecule has 1 amide bonds. The molecule has 0 saturated heterocycles. The molecule has 1 fully saturated rings. The minimum absolute atomic E-state index is 0.0776. The molecule has 2 atom stereocenters. The van der Waals surface area contributed by atoms with E-state index in [0.29, 0.717) is 6.42 Å². The van der Waals surface area contributed by atoms with Crippen LogP contribution in [-0.2, 0) is 4.79 Å². The van der Waals surface area contributed by atoms with Gasteiger partial charge in [0, 0.05) is 12.2 Å². The SMILES string of the molecule is Nc1ccc(F)cc1C(=O)NCC1CCCC1C(=O)O. The number of nitrogens with one attached hydrogen (secondary N) is 1. The first-order chi connectivity index (χ1) is 9.49. The van der Waals surface area contributed by atoms with Gasteiger partial charge in [-0.1, -0.05) is 6.42 Å². The lowest BCUT2D eigenvalue weighted by Crippen LogP contribution is -2.33. The highest BCUT2D eigenvalue weighted by atomic mass is 19.1. The number of amides is 1. The van der Waals surface area contributed by atoms with E-state index in [2.05, 4.69) is 5.32 Å². The summed E-state index contributed by atoms with van der Waals surface area (Å²) in [6.45, 7) is 0.270. The molecule has 0 aromatic heterocycles. The van der Waals surface area contributed by atoms with Crippen molar-refractivity contribution in [3.63, 3.8) is 0 Å². The lowest BCUT2D eigenvalue weighted by atomic mass is 9.96. The van der Waals surface area contributed by atoms with Crippen molar-refractivity contribution in [2.75, 3.05) is 12.3 Å². The van der Waals surface area contributed by atoms with Crippen LogP contribution < -0.4 is 11.1 Å². The van der Waals surface area contributed by atoms with Crippen LogP contribution in [0.25, 0.3) is 0 Å². The Kier molecular flexibility index (Phi) is 4.22. The number of halogens is 1. The summed E-state index contributed by atoms with van der Waals surface area (Å²) in [5.74, 6) is -2.33. The van der Waals surface area contributed by atoms with Gasteiger partial charge in [0.05, 0.1) is 11.5 Å². The molecule has 0 bridgehead atoms. The van der Waals surface area contributed by atoms with E-state index in [1.807, 2.05) is 0 Å². The summed E-state index contributed by atoms with van der Waals surface area (Å²) >= 11 is 0. The van der Waals surface area contributed by atoms with E-state index < -0.39 is 23.6 Å². The van der Waals surface area contributed by atoms with E-state index in [0.717, 1.165) is 18.9 Å². The second-order valence-electron chi connectivity index (χ2n) is 5.08.